The van der Waals surface area contributed by atoms with Gasteiger partial charge in [-0.05, 0) is 23.8 Å². The highest BCUT2D eigenvalue weighted by Crippen LogP contribution is 2.27. The molecule has 2 heterocycles. The summed E-state index contributed by atoms with van der Waals surface area (Å²) in [5.74, 6) is 0.649. The molecule has 0 unspecified atom stereocenters. The van der Waals surface area contributed by atoms with Crippen molar-refractivity contribution in [3.63, 3.8) is 0 Å². The van der Waals surface area contributed by atoms with Gasteiger partial charge in [0.2, 0.25) is 5.91 Å². The highest BCUT2D eigenvalue weighted by Gasteiger charge is 2.22. The molecule has 0 spiro atoms. The number of hydrogen-bond acceptors (Lipinski definition) is 4. The molecule has 6 nitrogen and oxygen atoms in total. The number of carbonyl (C=O) groups is 1. The molecule has 1 atom stereocenters. The van der Waals surface area contributed by atoms with Gasteiger partial charge in [-0.1, -0.05) is 30.3 Å². The van der Waals surface area contributed by atoms with Crippen LogP contribution in [0.25, 0.3) is 11.0 Å². The van der Waals surface area contributed by atoms with Gasteiger partial charge in [-0.3, -0.25) is 14.2 Å². The Bertz CT molecular complexity index is 971. The average Bonchev–Trinajstić information content (AvgIpc) is 3.05. The van der Waals surface area contributed by atoms with E-state index >= 15 is 0 Å². The number of aromatic nitrogens is 2. The zero-order chi connectivity index (χ0) is 17.2. The maximum Gasteiger partial charge on any atom is 0.269 e. The largest absolute Gasteiger partial charge is 0.488 e. The van der Waals surface area contributed by atoms with Gasteiger partial charge in [0.25, 0.3) is 5.56 Å². The minimum atomic E-state index is -0.293. The predicted molar refractivity (Wildman–Crippen MR) is 93.6 cm³/mol. The number of nitrogens with zero attached hydrogens (tertiary/aromatic N) is 2. The fourth-order valence-corrected chi connectivity index (χ4v) is 3.07. The van der Waals surface area contributed by atoms with Crippen molar-refractivity contribution in [2.75, 3.05) is 6.54 Å². The van der Waals surface area contributed by atoms with E-state index in [1.165, 1.54) is 10.8 Å². The molecule has 0 radical (unpaired) electrons. The highest BCUT2D eigenvalue weighted by molar-refractivity contribution is 5.79. The normalized spacial score (nSPS) is 15.6. The van der Waals surface area contributed by atoms with E-state index in [1.807, 2.05) is 42.5 Å². The SMILES string of the molecule is O=C(Cn1c(=O)cnc2ccccc21)NC[C@H]1Cc2ccccc2O1. The van der Waals surface area contributed by atoms with E-state index in [9.17, 15) is 9.59 Å². The number of amides is 1. The van der Waals surface area contributed by atoms with E-state index < -0.39 is 0 Å². The van der Waals surface area contributed by atoms with Gasteiger partial charge in [0.1, 0.15) is 18.4 Å². The third-order valence-corrected chi connectivity index (χ3v) is 4.30. The van der Waals surface area contributed by atoms with Crippen molar-refractivity contribution in [3.05, 3.63) is 70.6 Å². The Morgan fingerprint density at radius 2 is 2.00 bits per heavy atom. The summed E-state index contributed by atoms with van der Waals surface area (Å²) in [5, 5.41) is 2.86. The van der Waals surface area contributed by atoms with Gasteiger partial charge in [-0.15, -0.1) is 0 Å². The maximum absolute atomic E-state index is 12.3. The zero-order valence-electron chi connectivity index (χ0n) is 13.5. The molecule has 0 fully saturated rings. The first kappa shape index (κ1) is 15.4. The monoisotopic (exact) mass is 335 g/mol. The van der Waals surface area contributed by atoms with Crippen LogP contribution in [0.1, 0.15) is 5.56 Å². The van der Waals surface area contributed by atoms with E-state index in [4.69, 9.17) is 4.74 Å². The molecular formula is C19H17N3O3. The van der Waals surface area contributed by atoms with E-state index in [0.29, 0.717) is 17.6 Å². The van der Waals surface area contributed by atoms with E-state index in [2.05, 4.69) is 10.3 Å². The number of benzene rings is 2. The number of hydrogen-bond donors (Lipinski definition) is 1. The lowest BCUT2D eigenvalue weighted by Crippen LogP contribution is -2.38. The van der Waals surface area contributed by atoms with Crippen molar-refractivity contribution in [1.29, 1.82) is 0 Å². The topological polar surface area (TPSA) is 73.2 Å². The third kappa shape index (κ3) is 3.10. The summed E-state index contributed by atoms with van der Waals surface area (Å²) in [6.07, 6.45) is 1.94. The standard InChI is InChI=1S/C19H17N3O3/c23-18(21-10-14-9-13-5-1-4-8-17(13)25-14)12-22-16-7-3-2-6-15(16)20-11-19(22)24/h1-8,11,14H,9-10,12H2,(H,21,23)/t14-/m1/s1. The average molecular weight is 335 g/mol. The van der Waals surface area contributed by atoms with Crippen molar-refractivity contribution >= 4 is 16.9 Å². The van der Waals surface area contributed by atoms with Gasteiger partial charge < -0.3 is 10.1 Å². The number of fused-ring (bicyclic) bond motifs is 2. The first-order valence-corrected chi connectivity index (χ1v) is 8.16. The lowest BCUT2D eigenvalue weighted by atomic mass is 10.1. The molecule has 25 heavy (non-hydrogen) atoms. The molecule has 3 aromatic rings. The van der Waals surface area contributed by atoms with Crippen LogP contribution in [-0.2, 0) is 17.8 Å². The first-order valence-electron chi connectivity index (χ1n) is 8.16. The van der Waals surface area contributed by atoms with Gasteiger partial charge in [-0.25, -0.2) is 4.98 Å². The van der Waals surface area contributed by atoms with Crippen molar-refractivity contribution in [2.45, 2.75) is 19.1 Å². The molecule has 0 saturated carbocycles. The lowest BCUT2D eigenvalue weighted by molar-refractivity contribution is -0.122. The fraction of sp³-hybridized carbons (Fsp3) is 0.211. The minimum Gasteiger partial charge on any atom is -0.488 e. The molecule has 0 aliphatic carbocycles. The highest BCUT2D eigenvalue weighted by atomic mass is 16.5. The second-order valence-corrected chi connectivity index (χ2v) is 6.03. The van der Waals surface area contributed by atoms with Gasteiger partial charge in [0, 0.05) is 6.42 Å². The Hall–Kier alpha value is -3.15. The lowest BCUT2D eigenvalue weighted by Gasteiger charge is -2.13. The summed E-state index contributed by atoms with van der Waals surface area (Å²) >= 11 is 0. The fourth-order valence-electron chi connectivity index (χ4n) is 3.07. The van der Waals surface area contributed by atoms with Crippen LogP contribution < -0.4 is 15.6 Å². The van der Waals surface area contributed by atoms with Crippen LogP contribution in [0.3, 0.4) is 0 Å². The molecule has 1 N–H and O–H groups in total. The van der Waals surface area contributed by atoms with Crippen LogP contribution in [0.15, 0.2) is 59.5 Å². The minimum absolute atomic E-state index is 0.0401. The van der Waals surface area contributed by atoms with Gasteiger partial charge in [0.05, 0.1) is 23.8 Å². The van der Waals surface area contributed by atoms with Gasteiger partial charge in [0.15, 0.2) is 0 Å². The Labute approximate surface area is 144 Å². The number of ether oxygens (including phenoxy) is 1. The van der Waals surface area contributed by atoms with E-state index in [1.54, 1.807) is 6.07 Å². The van der Waals surface area contributed by atoms with Crippen LogP contribution in [0, 0.1) is 0 Å². The number of nitrogens with one attached hydrogen (secondary N) is 1. The van der Waals surface area contributed by atoms with Crippen LogP contribution in [0.5, 0.6) is 5.75 Å². The van der Waals surface area contributed by atoms with Crippen molar-refractivity contribution in [2.24, 2.45) is 0 Å². The summed E-state index contributed by atoms with van der Waals surface area (Å²) in [4.78, 5) is 28.5. The molecule has 1 aliphatic heterocycles. The van der Waals surface area contributed by atoms with E-state index in [-0.39, 0.29) is 24.1 Å². The molecular weight excluding hydrogens is 318 g/mol. The van der Waals surface area contributed by atoms with Crippen molar-refractivity contribution in [3.8, 4) is 5.75 Å². The summed E-state index contributed by atoms with van der Waals surface area (Å²) in [5.41, 5.74) is 2.19. The predicted octanol–water partition coefficient (Wildman–Crippen LogP) is 1.52. The quantitative estimate of drug-likeness (QED) is 0.784. The molecule has 126 valence electrons. The third-order valence-electron chi connectivity index (χ3n) is 4.30. The van der Waals surface area contributed by atoms with Crippen LogP contribution in [0.4, 0.5) is 0 Å². The number of carbonyl (C=O) groups excluding carboxylic acids is 1. The van der Waals surface area contributed by atoms with Crippen LogP contribution in [0.2, 0.25) is 0 Å². The Balaban J connectivity index is 1.42. The summed E-state index contributed by atoms with van der Waals surface area (Å²) in [7, 11) is 0. The van der Waals surface area contributed by atoms with Gasteiger partial charge >= 0.3 is 0 Å². The smallest absolute Gasteiger partial charge is 0.269 e. The molecule has 6 heteroatoms. The maximum atomic E-state index is 12.3. The summed E-state index contributed by atoms with van der Waals surface area (Å²) in [6, 6.07) is 15.1. The van der Waals surface area contributed by atoms with Crippen molar-refractivity contribution in [1.82, 2.24) is 14.9 Å². The second-order valence-electron chi connectivity index (χ2n) is 6.03. The summed E-state index contributed by atoms with van der Waals surface area (Å²) in [6.45, 7) is 0.368. The molecule has 0 bridgehead atoms. The van der Waals surface area contributed by atoms with Crippen LogP contribution in [-0.4, -0.2) is 28.1 Å². The second kappa shape index (κ2) is 6.39. The Morgan fingerprint density at radius 3 is 2.88 bits per heavy atom. The molecule has 1 aromatic heterocycles. The summed E-state index contributed by atoms with van der Waals surface area (Å²) < 4.78 is 7.24. The number of para-hydroxylation sites is 3. The molecule has 1 aliphatic rings. The molecule has 1 amide bonds. The van der Waals surface area contributed by atoms with Crippen molar-refractivity contribution < 1.29 is 9.53 Å². The van der Waals surface area contributed by atoms with Gasteiger partial charge in [-0.2, -0.15) is 0 Å². The molecule has 2 aromatic carbocycles. The Morgan fingerprint density at radius 1 is 1.20 bits per heavy atom. The van der Waals surface area contributed by atoms with E-state index in [0.717, 1.165) is 17.7 Å². The zero-order valence-corrected chi connectivity index (χ0v) is 13.5. The van der Waals surface area contributed by atoms with Crippen LogP contribution >= 0.6 is 0 Å². The number of rotatable bonds is 4. The Kier molecular flexibility index (Phi) is 3.93. The molecule has 0 saturated heterocycles. The first-order chi connectivity index (χ1) is 12.2. The molecule has 4 rings (SSSR count).